The molecule has 0 spiro atoms. The summed E-state index contributed by atoms with van der Waals surface area (Å²) in [7, 11) is 5.87. The van der Waals surface area contributed by atoms with Crippen LogP contribution in [0.15, 0.2) is 89.7 Å². The minimum atomic E-state index is -0.482. The molecule has 1 aromatic heterocycles. The zero-order valence-corrected chi connectivity index (χ0v) is 24.5. The first-order chi connectivity index (χ1) is 21.0. The Labute approximate surface area is 249 Å². The van der Waals surface area contributed by atoms with E-state index in [4.69, 9.17) is 28.7 Å². The summed E-state index contributed by atoms with van der Waals surface area (Å²) in [4.78, 5) is 31.1. The third kappa shape index (κ3) is 6.16. The van der Waals surface area contributed by atoms with Crippen LogP contribution in [0.5, 0.6) is 28.7 Å². The number of nitrogens with zero attached hydrogens (tertiary/aromatic N) is 2. The van der Waals surface area contributed by atoms with E-state index in [9.17, 15) is 9.59 Å². The van der Waals surface area contributed by atoms with Crippen molar-refractivity contribution in [1.29, 1.82) is 0 Å². The van der Waals surface area contributed by atoms with Gasteiger partial charge in [-0.25, -0.2) is 9.78 Å². The first-order valence-corrected chi connectivity index (χ1v) is 13.7. The van der Waals surface area contributed by atoms with Crippen LogP contribution >= 0.6 is 0 Å². The Kier molecular flexibility index (Phi) is 8.90. The zero-order chi connectivity index (χ0) is 30.3. The lowest BCUT2D eigenvalue weighted by molar-refractivity contribution is 0.0598. The number of methoxy groups -OCH3 is 4. The van der Waals surface area contributed by atoms with Crippen LogP contribution in [0, 0.1) is 0 Å². The van der Waals surface area contributed by atoms with Crippen LogP contribution < -0.4 is 24.5 Å². The molecule has 0 aliphatic carbocycles. The third-order valence-corrected chi connectivity index (χ3v) is 7.10. The zero-order valence-electron chi connectivity index (χ0n) is 24.5. The van der Waals surface area contributed by atoms with E-state index in [1.807, 2.05) is 30.3 Å². The number of rotatable bonds is 11. The van der Waals surface area contributed by atoms with E-state index in [0.717, 1.165) is 11.1 Å². The summed E-state index contributed by atoms with van der Waals surface area (Å²) in [5, 5.41) is 0.359. The molecule has 0 radical (unpaired) electrons. The summed E-state index contributed by atoms with van der Waals surface area (Å²) in [6.45, 7) is 0.279. The van der Waals surface area contributed by atoms with Gasteiger partial charge in [0.1, 0.15) is 28.4 Å². The second-order valence-corrected chi connectivity index (χ2v) is 9.68. The van der Waals surface area contributed by atoms with Gasteiger partial charge >= 0.3 is 5.97 Å². The number of carbonyl (C=O) groups excluding carboxylic acids is 1. The molecule has 9 nitrogen and oxygen atoms in total. The number of benzene rings is 4. The van der Waals surface area contributed by atoms with Crippen LogP contribution in [-0.4, -0.2) is 44.0 Å². The van der Waals surface area contributed by atoms with E-state index in [1.165, 1.54) is 28.4 Å². The number of esters is 1. The van der Waals surface area contributed by atoms with E-state index in [1.54, 1.807) is 47.0 Å². The minimum Gasteiger partial charge on any atom is -0.493 e. The summed E-state index contributed by atoms with van der Waals surface area (Å²) >= 11 is 0. The number of aryl methyl sites for hydroxylation is 2. The van der Waals surface area contributed by atoms with E-state index >= 15 is 0 Å². The van der Waals surface area contributed by atoms with E-state index < -0.39 is 5.97 Å². The normalized spacial score (nSPS) is 10.8. The molecule has 0 saturated heterocycles. The largest absolute Gasteiger partial charge is 0.493 e. The molecule has 9 heteroatoms. The molecular weight excluding hydrogens is 548 g/mol. The molecule has 43 heavy (non-hydrogen) atoms. The summed E-state index contributed by atoms with van der Waals surface area (Å²) in [6.07, 6.45) is 1.22. The summed E-state index contributed by atoms with van der Waals surface area (Å²) in [6, 6.07) is 25.9. The van der Waals surface area contributed by atoms with Crippen molar-refractivity contribution in [2.45, 2.75) is 19.4 Å². The molecular formula is C34H32N2O7. The smallest absolute Gasteiger partial charge is 0.341 e. The maximum atomic E-state index is 14.0. The molecule has 1 heterocycles. The number of hydrogen-bond acceptors (Lipinski definition) is 8. The van der Waals surface area contributed by atoms with Crippen molar-refractivity contribution in [2.24, 2.45) is 0 Å². The summed E-state index contributed by atoms with van der Waals surface area (Å²) in [5.74, 6) is 2.15. The van der Waals surface area contributed by atoms with Crippen LogP contribution in [-0.2, 0) is 24.1 Å². The van der Waals surface area contributed by atoms with Crippen LogP contribution in [0.1, 0.15) is 27.3 Å². The predicted molar refractivity (Wildman–Crippen MR) is 163 cm³/mol. The number of ether oxygens (including phenoxy) is 5. The molecule has 0 bridgehead atoms. The van der Waals surface area contributed by atoms with E-state index in [2.05, 4.69) is 12.1 Å². The van der Waals surface area contributed by atoms with Gasteiger partial charge in [-0.3, -0.25) is 9.36 Å². The Morgan fingerprint density at radius 1 is 0.744 bits per heavy atom. The molecule has 0 aliphatic heterocycles. The average molecular weight is 581 g/mol. The Balaban J connectivity index is 1.53. The van der Waals surface area contributed by atoms with Crippen molar-refractivity contribution in [3.8, 4) is 28.7 Å². The van der Waals surface area contributed by atoms with Gasteiger partial charge in [-0.1, -0.05) is 54.6 Å². The van der Waals surface area contributed by atoms with Gasteiger partial charge in [0.15, 0.2) is 11.5 Å². The monoisotopic (exact) mass is 580 g/mol. The fourth-order valence-corrected chi connectivity index (χ4v) is 4.93. The van der Waals surface area contributed by atoms with Crippen molar-refractivity contribution in [2.75, 3.05) is 28.4 Å². The Hall–Kier alpha value is -5.31. The highest BCUT2D eigenvalue weighted by molar-refractivity contribution is 5.92. The topological polar surface area (TPSA) is 98.1 Å². The fraction of sp³-hybridized carbons (Fsp3) is 0.206. The third-order valence-electron chi connectivity index (χ3n) is 7.10. The van der Waals surface area contributed by atoms with Gasteiger partial charge in [-0.05, 0) is 47.9 Å². The van der Waals surface area contributed by atoms with Crippen molar-refractivity contribution in [3.05, 3.63) is 118 Å². The van der Waals surface area contributed by atoms with Crippen molar-refractivity contribution >= 4 is 16.9 Å². The van der Waals surface area contributed by atoms with Crippen LogP contribution in [0.4, 0.5) is 0 Å². The second-order valence-electron chi connectivity index (χ2n) is 9.68. The lowest BCUT2D eigenvalue weighted by Gasteiger charge is -2.18. The van der Waals surface area contributed by atoms with Crippen LogP contribution in [0.25, 0.3) is 10.9 Å². The SMILES string of the molecule is COC(=O)c1ccccc1Oc1ccc(Cn2c(CCc3ccccc3)nc3c(OC)c(OC)c(OC)cc3c2=O)cc1. The van der Waals surface area contributed by atoms with Crippen LogP contribution in [0.2, 0.25) is 0 Å². The molecule has 5 rings (SSSR count). The van der Waals surface area contributed by atoms with Crippen molar-refractivity contribution in [3.63, 3.8) is 0 Å². The molecule has 0 unspecified atom stereocenters. The molecule has 0 saturated carbocycles. The molecule has 220 valence electrons. The lowest BCUT2D eigenvalue weighted by atomic mass is 10.1. The van der Waals surface area contributed by atoms with E-state index in [0.29, 0.717) is 63.9 Å². The molecule has 5 aromatic rings. The molecule has 0 fully saturated rings. The van der Waals surface area contributed by atoms with E-state index in [-0.39, 0.29) is 12.1 Å². The summed E-state index contributed by atoms with van der Waals surface area (Å²) < 4.78 is 29.2. The number of carbonyl (C=O) groups is 1. The molecule has 0 aliphatic rings. The quantitative estimate of drug-likeness (QED) is 0.180. The Morgan fingerprint density at radius 3 is 2.12 bits per heavy atom. The first kappa shape index (κ1) is 29.2. The highest BCUT2D eigenvalue weighted by Gasteiger charge is 2.22. The van der Waals surface area contributed by atoms with Crippen molar-refractivity contribution < 1.29 is 28.5 Å². The van der Waals surface area contributed by atoms with Gasteiger partial charge in [-0.2, -0.15) is 0 Å². The first-order valence-electron chi connectivity index (χ1n) is 13.7. The lowest BCUT2D eigenvalue weighted by Crippen LogP contribution is -2.26. The molecule has 4 aromatic carbocycles. The second kappa shape index (κ2) is 13.1. The highest BCUT2D eigenvalue weighted by Crippen LogP contribution is 2.41. The molecule has 0 atom stereocenters. The number of aromatic nitrogens is 2. The highest BCUT2D eigenvalue weighted by atomic mass is 16.5. The van der Waals surface area contributed by atoms with Gasteiger partial charge in [0.2, 0.25) is 5.75 Å². The number of para-hydroxylation sites is 1. The maximum Gasteiger partial charge on any atom is 0.341 e. The van der Waals surface area contributed by atoms with Gasteiger partial charge in [0.25, 0.3) is 5.56 Å². The van der Waals surface area contributed by atoms with Gasteiger partial charge < -0.3 is 23.7 Å². The van der Waals surface area contributed by atoms with Gasteiger partial charge in [0.05, 0.1) is 40.4 Å². The molecule has 0 N–H and O–H groups in total. The van der Waals surface area contributed by atoms with Crippen molar-refractivity contribution in [1.82, 2.24) is 9.55 Å². The number of hydrogen-bond donors (Lipinski definition) is 0. The van der Waals surface area contributed by atoms with Gasteiger partial charge in [-0.15, -0.1) is 0 Å². The van der Waals surface area contributed by atoms with Gasteiger partial charge in [0, 0.05) is 6.42 Å². The standard InChI is InChI=1S/C34H32N2O7/c1-39-28-20-26-30(32(41-3)31(28)40-2)35-29(19-16-22-10-6-5-7-11-22)36(33(26)37)21-23-14-17-24(18-15-23)43-27-13-9-8-12-25(27)34(38)42-4/h5-15,17-18,20H,16,19,21H2,1-4H3. The maximum absolute atomic E-state index is 14.0. The fourth-order valence-electron chi connectivity index (χ4n) is 4.93. The average Bonchev–Trinajstić information content (AvgIpc) is 3.05. The number of fused-ring (bicyclic) bond motifs is 1. The predicted octanol–water partition coefficient (Wildman–Crippen LogP) is 5.83. The Morgan fingerprint density at radius 2 is 1.44 bits per heavy atom. The Bertz CT molecular complexity index is 1800. The molecule has 0 amide bonds. The summed E-state index contributed by atoms with van der Waals surface area (Å²) in [5.41, 5.74) is 2.52. The minimum absolute atomic E-state index is 0.223. The van der Waals surface area contributed by atoms with Crippen LogP contribution in [0.3, 0.4) is 0 Å².